The van der Waals surface area contributed by atoms with Gasteiger partial charge in [-0.2, -0.15) is 0 Å². The van der Waals surface area contributed by atoms with Crippen molar-refractivity contribution in [2.24, 2.45) is 0 Å². The average Bonchev–Trinajstić information content (AvgIpc) is 2.94. The van der Waals surface area contributed by atoms with Crippen molar-refractivity contribution in [3.63, 3.8) is 0 Å². The first-order chi connectivity index (χ1) is 9.58. The monoisotopic (exact) mass is 280 g/mol. The maximum absolute atomic E-state index is 13.7. The normalized spacial score (nSPS) is 15.8. The zero-order valence-electron chi connectivity index (χ0n) is 11.7. The number of rotatable bonds is 6. The second kappa shape index (κ2) is 6.70. The molecule has 0 radical (unpaired) electrons. The summed E-state index contributed by atoms with van der Waals surface area (Å²) in [5.74, 6) is -1.63. The number of nitrogens with zero attached hydrogens (tertiary/aromatic N) is 1. The Morgan fingerprint density at radius 1 is 1.45 bits per heavy atom. The molecule has 1 fully saturated rings. The van der Waals surface area contributed by atoms with Crippen LogP contribution >= 0.6 is 0 Å². The van der Waals surface area contributed by atoms with Gasteiger partial charge in [0.15, 0.2) is 0 Å². The molecule has 0 bridgehead atoms. The van der Waals surface area contributed by atoms with Gasteiger partial charge < -0.3 is 15.3 Å². The molecule has 0 heterocycles. The van der Waals surface area contributed by atoms with Crippen LogP contribution in [-0.2, 0) is 0 Å². The van der Waals surface area contributed by atoms with Crippen LogP contribution < -0.4 is 5.32 Å². The first-order valence-corrected chi connectivity index (χ1v) is 7.05. The van der Waals surface area contributed by atoms with Gasteiger partial charge in [-0.05, 0) is 38.1 Å². The average molecular weight is 280 g/mol. The van der Waals surface area contributed by atoms with Crippen LogP contribution in [0, 0.1) is 5.82 Å². The molecule has 0 atom stereocenters. The van der Waals surface area contributed by atoms with Crippen molar-refractivity contribution >= 4 is 11.7 Å². The number of halogens is 1. The molecule has 5 heteroatoms. The van der Waals surface area contributed by atoms with E-state index in [0.717, 1.165) is 12.6 Å². The third kappa shape index (κ3) is 3.70. The number of benzene rings is 1. The van der Waals surface area contributed by atoms with Crippen molar-refractivity contribution in [1.29, 1.82) is 0 Å². The van der Waals surface area contributed by atoms with Gasteiger partial charge in [-0.15, -0.1) is 0 Å². The third-order valence-corrected chi connectivity index (χ3v) is 3.94. The fourth-order valence-corrected chi connectivity index (χ4v) is 2.69. The van der Waals surface area contributed by atoms with Crippen molar-refractivity contribution in [1.82, 2.24) is 4.90 Å². The zero-order chi connectivity index (χ0) is 14.5. The summed E-state index contributed by atoms with van der Waals surface area (Å²) in [6.45, 7) is 1.50. The topological polar surface area (TPSA) is 52.6 Å². The van der Waals surface area contributed by atoms with Gasteiger partial charge in [-0.1, -0.05) is 12.8 Å². The molecule has 2 N–H and O–H groups in total. The molecular formula is C15H21FN2O2. The second-order valence-corrected chi connectivity index (χ2v) is 5.35. The highest BCUT2D eigenvalue weighted by Crippen LogP contribution is 2.22. The summed E-state index contributed by atoms with van der Waals surface area (Å²) in [4.78, 5) is 13.0. The number of anilines is 1. The van der Waals surface area contributed by atoms with Gasteiger partial charge in [0.25, 0.3) is 0 Å². The van der Waals surface area contributed by atoms with E-state index in [1.165, 1.54) is 37.8 Å². The molecule has 1 aromatic carbocycles. The highest BCUT2D eigenvalue weighted by atomic mass is 19.1. The maximum atomic E-state index is 13.7. The standard InChI is InChI=1S/C15H21FN2O2/c1-18(12-4-2-3-5-12)9-8-17-14-7-6-11(15(19)20)10-13(14)16/h6-7,10,12,17H,2-5,8-9H2,1H3,(H,19,20). The fraction of sp³-hybridized carbons (Fsp3) is 0.533. The van der Waals surface area contributed by atoms with Crippen LogP contribution in [0.4, 0.5) is 10.1 Å². The maximum Gasteiger partial charge on any atom is 0.335 e. The van der Waals surface area contributed by atoms with Gasteiger partial charge >= 0.3 is 5.97 Å². The number of carboxylic acids is 1. The van der Waals surface area contributed by atoms with Crippen LogP contribution in [0.2, 0.25) is 0 Å². The predicted molar refractivity (Wildman–Crippen MR) is 76.7 cm³/mol. The van der Waals surface area contributed by atoms with E-state index >= 15 is 0 Å². The molecule has 2 rings (SSSR count). The van der Waals surface area contributed by atoms with E-state index in [1.807, 2.05) is 0 Å². The van der Waals surface area contributed by atoms with Crippen LogP contribution in [0.15, 0.2) is 18.2 Å². The molecule has 0 unspecified atom stereocenters. The summed E-state index contributed by atoms with van der Waals surface area (Å²) in [6.07, 6.45) is 5.10. The van der Waals surface area contributed by atoms with Gasteiger partial charge in [0.1, 0.15) is 5.82 Å². The summed E-state index contributed by atoms with van der Waals surface area (Å²) in [5.41, 5.74) is 0.325. The Bertz CT molecular complexity index is 473. The Morgan fingerprint density at radius 2 is 2.15 bits per heavy atom. The Morgan fingerprint density at radius 3 is 2.75 bits per heavy atom. The van der Waals surface area contributed by atoms with Crippen molar-refractivity contribution in [2.75, 3.05) is 25.5 Å². The Hall–Kier alpha value is -1.62. The Kier molecular flexibility index (Phi) is 4.95. The van der Waals surface area contributed by atoms with E-state index in [2.05, 4.69) is 17.3 Å². The van der Waals surface area contributed by atoms with E-state index in [4.69, 9.17) is 5.11 Å². The number of carboxylic acid groups (broad SMARTS) is 1. The summed E-state index contributed by atoms with van der Waals surface area (Å²) in [7, 11) is 2.10. The highest BCUT2D eigenvalue weighted by molar-refractivity contribution is 5.88. The van der Waals surface area contributed by atoms with E-state index in [9.17, 15) is 9.18 Å². The van der Waals surface area contributed by atoms with Crippen molar-refractivity contribution in [2.45, 2.75) is 31.7 Å². The lowest BCUT2D eigenvalue weighted by atomic mass is 10.2. The van der Waals surface area contributed by atoms with Gasteiger partial charge in [0, 0.05) is 19.1 Å². The lowest BCUT2D eigenvalue weighted by Crippen LogP contribution is -2.33. The lowest BCUT2D eigenvalue weighted by Gasteiger charge is -2.24. The molecule has 0 amide bonds. The molecule has 4 nitrogen and oxygen atoms in total. The highest BCUT2D eigenvalue weighted by Gasteiger charge is 2.18. The number of nitrogens with one attached hydrogen (secondary N) is 1. The summed E-state index contributed by atoms with van der Waals surface area (Å²) in [5, 5.41) is 11.8. The molecule has 1 saturated carbocycles. The Balaban J connectivity index is 1.83. The predicted octanol–water partition coefficient (Wildman–Crippen LogP) is 2.81. The number of likely N-dealkylation sites (N-methyl/N-ethyl adjacent to an activating group) is 1. The number of hydrogen-bond acceptors (Lipinski definition) is 3. The Labute approximate surface area is 118 Å². The number of aromatic carboxylic acids is 1. The number of carbonyl (C=O) groups is 1. The third-order valence-electron chi connectivity index (χ3n) is 3.94. The first kappa shape index (κ1) is 14.8. The van der Waals surface area contributed by atoms with E-state index in [0.29, 0.717) is 18.3 Å². The van der Waals surface area contributed by atoms with Crippen LogP contribution in [-0.4, -0.2) is 42.2 Å². The van der Waals surface area contributed by atoms with Crippen LogP contribution in [0.5, 0.6) is 0 Å². The molecule has 1 aliphatic rings. The van der Waals surface area contributed by atoms with Crippen molar-refractivity contribution in [3.05, 3.63) is 29.6 Å². The molecule has 0 saturated heterocycles. The summed E-state index contributed by atoms with van der Waals surface area (Å²) in [6, 6.07) is 4.59. The molecule has 110 valence electrons. The van der Waals surface area contributed by atoms with Crippen molar-refractivity contribution < 1.29 is 14.3 Å². The first-order valence-electron chi connectivity index (χ1n) is 7.05. The van der Waals surface area contributed by atoms with E-state index in [-0.39, 0.29) is 5.56 Å². The fourth-order valence-electron chi connectivity index (χ4n) is 2.69. The smallest absolute Gasteiger partial charge is 0.335 e. The van der Waals surface area contributed by atoms with E-state index < -0.39 is 11.8 Å². The molecule has 1 aromatic rings. The van der Waals surface area contributed by atoms with Crippen molar-refractivity contribution in [3.8, 4) is 0 Å². The van der Waals surface area contributed by atoms with Gasteiger partial charge in [0.2, 0.25) is 0 Å². The largest absolute Gasteiger partial charge is 0.478 e. The molecule has 0 aromatic heterocycles. The second-order valence-electron chi connectivity index (χ2n) is 5.35. The minimum atomic E-state index is -1.11. The summed E-state index contributed by atoms with van der Waals surface area (Å²) >= 11 is 0. The van der Waals surface area contributed by atoms with Gasteiger partial charge in [-0.25, -0.2) is 9.18 Å². The van der Waals surface area contributed by atoms with E-state index in [1.54, 1.807) is 0 Å². The SMILES string of the molecule is CN(CCNc1ccc(C(=O)O)cc1F)C1CCCC1. The molecule has 1 aliphatic carbocycles. The zero-order valence-corrected chi connectivity index (χ0v) is 11.7. The van der Waals surface area contributed by atoms with Gasteiger partial charge in [0.05, 0.1) is 11.3 Å². The van der Waals surface area contributed by atoms with Crippen LogP contribution in [0.25, 0.3) is 0 Å². The molecule has 0 aliphatic heterocycles. The van der Waals surface area contributed by atoms with Crippen LogP contribution in [0.3, 0.4) is 0 Å². The summed E-state index contributed by atoms with van der Waals surface area (Å²) < 4.78 is 13.7. The van der Waals surface area contributed by atoms with Crippen LogP contribution in [0.1, 0.15) is 36.0 Å². The molecule has 0 spiro atoms. The van der Waals surface area contributed by atoms with Gasteiger partial charge in [-0.3, -0.25) is 0 Å². The molecular weight excluding hydrogens is 259 g/mol. The molecule has 20 heavy (non-hydrogen) atoms. The number of hydrogen-bond donors (Lipinski definition) is 2. The lowest BCUT2D eigenvalue weighted by molar-refractivity contribution is 0.0696. The minimum absolute atomic E-state index is 0.0314. The minimum Gasteiger partial charge on any atom is -0.478 e. The quantitative estimate of drug-likeness (QED) is 0.841.